The Bertz CT molecular complexity index is 726. The number of aryl methyl sites for hydroxylation is 1. The molecule has 0 unspecified atom stereocenters. The zero-order valence-electron chi connectivity index (χ0n) is 9.70. The lowest BCUT2D eigenvalue weighted by Crippen LogP contribution is -2.17. The van der Waals surface area contributed by atoms with Crippen molar-refractivity contribution in [1.82, 2.24) is 15.0 Å². The number of rotatable bonds is 3. The zero-order valence-corrected chi connectivity index (χ0v) is 12.1. The van der Waals surface area contributed by atoms with Crippen molar-refractivity contribution in [3.8, 4) is 6.07 Å². The molecule has 2 aromatic rings. The van der Waals surface area contributed by atoms with Crippen LogP contribution in [-0.2, 0) is 17.1 Å². The second kappa shape index (κ2) is 4.99. The Hall–Kier alpha value is -1.92. The minimum atomic E-state index is -3.79. The van der Waals surface area contributed by atoms with Crippen molar-refractivity contribution >= 4 is 31.6 Å². The van der Waals surface area contributed by atoms with Gasteiger partial charge < -0.3 is 0 Å². The molecule has 1 heterocycles. The second-order valence-electron chi connectivity index (χ2n) is 3.60. The highest BCUT2D eigenvalue weighted by atomic mass is 79.9. The van der Waals surface area contributed by atoms with E-state index in [4.69, 9.17) is 5.26 Å². The summed E-state index contributed by atoms with van der Waals surface area (Å²) in [7, 11) is -2.32. The molecule has 0 aliphatic rings. The van der Waals surface area contributed by atoms with Gasteiger partial charge in [-0.2, -0.15) is 13.7 Å². The van der Waals surface area contributed by atoms with Crippen molar-refractivity contribution in [2.24, 2.45) is 7.05 Å². The van der Waals surface area contributed by atoms with Crippen LogP contribution in [0.2, 0.25) is 0 Å². The van der Waals surface area contributed by atoms with E-state index in [1.165, 1.54) is 31.3 Å². The first-order valence-electron chi connectivity index (χ1n) is 5.02. The van der Waals surface area contributed by atoms with Gasteiger partial charge in [-0.3, -0.25) is 4.72 Å². The fourth-order valence-corrected chi connectivity index (χ4v) is 3.58. The third kappa shape index (κ3) is 2.74. The van der Waals surface area contributed by atoms with Gasteiger partial charge in [0.15, 0.2) is 4.60 Å². The SMILES string of the molecule is Cn1nnc(Br)c1S(=O)(=O)Nc1ccc(C#N)cc1. The Morgan fingerprint density at radius 3 is 2.47 bits per heavy atom. The first-order valence-corrected chi connectivity index (χ1v) is 7.30. The molecular formula is C10H8BrN5O2S. The number of benzene rings is 1. The van der Waals surface area contributed by atoms with E-state index in [-0.39, 0.29) is 9.63 Å². The predicted octanol–water partition coefficient (Wildman–Crippen LogP) is 1.25. The molecule has 0 bridgehead atoms. The van der Waals surface area contributed by atoms with Gasteiger partial charge in [0.05, 0.1) is 11.6 Å². The summed E-state index contributed by atoms with van der Waals surface area (Å²) in [5.74, 6) is 0. The summed E-state index contributed by atoms with van der Waals surface area (Å²) in [5.41, 5.74) is 0.804. The number of anilines is 1. The normalized spacial score (nSPS) is 11.0. The minimum absolute atomic E-state index is 0.0724. The molecule has 9 heteroatoms. The van der Waals surface area contributed by atoms with Crippen molar-refractivity contribution in [2.45, 2.75) is 5.03 Å². The largest absolute Gasteiger partial charge is 0.281 e. The molecule has 0 fully saturated rings. The summed E-state index contributed by atoms with van der Waals surface area (Å²) in [6, 6.07) is 8.01. The summed E-state index contributed by atoms with van der Waals surface area (Å²) in [6.45, 7) is 0. The third-order valence-corrected chi connectivity index (χ3v) is 4.53. The van der Waals surface area contributed by atoms with Crippen LogP contribution >= 0.6 is 15.9 Å². The average molecular weight is 342 g/mol. The van der Waals surface area contributed by atoms with Crippen molar-refractivity contribution in [3.05, 3.63) is 34.4 Å². The molecular weight excluding hydrogens is 334 g/mol. The molecule has 19 heavy (non-hydrogen) atoms. The van der Waals surface area contributed by atoms with Crippen molar-refractivity contribution in [1.29, 1.82) is 5.26 Å². The molecule has 0 saturated carbocycles. The van der Waals surface area contributed by atoms with Crippen LogP contribution in [0.4, 0.5) is 5.69 Å². The predicted molar refractivity (Wildman–Crippen MR) is 70.7 cm³/mol. The lowest BCUT2D eigenvalue weighted by Gasteiger charge is -2.07. The molecule has 1 aromatic heterocycles. The van der Waals surface area contributed by atoms with Gasteiger partial charge in [-0.15, -0.1) is 5.10 Å². The smallest absolute Gasteiger partial charge is 0.278 e. The molecule has 0 aliphatic carbocycles. The molecule has 0 aliphatic heterocycles. The van der Waals surface area contributed by atoms with E-state index in [9.17, 15) is 8.42 Å². The van der Waals surface area contributed by atoms with Crippen LogP contribution in [0.1, 0.15) is 5.56 Å². The minimum Gasteiger partial charge on any atom is -0.278 e. The average Bonchev–Trinajstić information content (AvgIpc) is 2.70. The highest BCUT2D eigenvalue weighted by Crippen LogP contribution is 2.21. The fraction of sp³-hybridized carbons (Fsp3) is 0.100. The topological polar surface area (TPSA) is 101 Å². The molecule has 7 nitrogen and oxygen atoms in total. The van der Waals surface area contributed by atoms with Crippen molar-refractivity contribution in [3.63, 3.8) is 0 Å². The van der Waals surface area contributed by atoms with Crippen LogP contribution in [-0.4, -0.2) is 23.4 Å². The molecule has 0 atom stereocenters. The molecule has 2 rings (SSSR count). The lowest BCUT2D eigenvalue weighted by atomic mass is 10.2. The summed E-state index contributed by atoms with van der Waals surface area (Å²) in [5, 5.41) is 15.8. The van der Waals surface area contributed by atoms with Gasteiger partial charge in [0.25, 0.3) is 10.0 Å². The molecule has 0 spiro atoms. The molecule has 0 amide bonds. The number of hydrogen-bond donors (Lipinski definition) is 1. The molecule has 98 valence electrons. The zero-order chi connectivity index (χ0) is 14.0. The maximum absolute atomic E-state index is 12.2. The van der Waals surface area contributed by atoms with E-state index in [2.05, 4.69) is 31.0 Å². The molecule has 0 radical (unpaired) electrons. The number of halogens is 1. The number of hydrogen-bond acceptors (Lipinski definition) is 5. The Labute approximate surface area is 118 Å². The van der Waals surface area contributed by atoms with E-state index in [1.807, 2.05) is 6.07 Å². The Morgan fingerprint density at radius 1 is 1.37 bits per heavy atom. The third-order valence-electron chi connectivity index (χ3n) is 2.26. The van der Waals surface area contributed by atoms with Gasteiger partial charge in [-0.25, -0.2) is 4.68 Å². The van der Waals surface area contributed by atoms with Crippen molar-refractivity contribution in [2.75, 3.05) is 4.72 Å². The Kier molecular flexibility index (Phi) is 3.55. The van der Waals surface area contributed by atoms with E-state index >= 15 is 0 Å². The van der Waals surface area contributed by atoms with Crippen molar-refractivity contribution < 1.29 is 8.42 Å². The summed E-state index contributed by atoms with van der Waals surface area (Å²) >= 11 is 3.03. The quantitative estimate of drug-likeness (QED) is 0.905. The van der Waals surface area contributed by atoms with E-state index in [0.29, 0.717) is 11.3 Å². The summed E-state index contributed by atoms with van der Waals surface area (Å²) < 4.78 is 28.0. The highest BCUT2D eigenvalue weighted by Gasteiger charge is 2.23. The van der Waals surface area contributed by atoms with Gasteiger partial charge in [-0.05, 0) is 40.2 Å². The van der Waals surface area contributed by atoms with Gasteiger partial charge in [-0.1, -0.05) is 5.21 Å². The number of sulfonamides is 1. The van der Waals surface area contributed by atoms with Crippen LogP contribution in [0.5, 0.6) is 0 Å². The van der Waals surface area contributed by atoms with Gasteiger partial charge in [0.1, 0.15) is 0 Å². The number of aromatic nitrogens is 3. The second-order valence-corrected chi connectivity index (χ2v) is 5.95. The monoisotopic (exact) mass is 341 g/mol. The van der Waals surface area contributed by atoms with Crippen LogP contribution in [0.3, 0.4) is 0 Å². The standard InChI is InChI=1S/C10H8BrN5O2S/c1-16-10(9(11)13-15-16)19(17,18)14-8-4-2-7(6-12)3-5-8/h2-5,14H,1H3. The number of nitrogens with one attached hydrogen (secondary N) is 1. The van der Waals surface area contributed by atoms with Crippen LogP contribution < -0.4 is 4.72 Å². The maximum Gasteiger partial charge on any atom is 0.281 e. The fourth-order valence-electron chi connectivity index (χ4n) is 1.42. The summed E-state index contributed by atoms with van der Waals surface area (Å²) in [4.78, 5) is 0. The Balaban J connectivity index is 2.34. The maximum atomic E-state index is 12.2. The number of nitriles is 1. The highest BCUT2D eigenvalue weighted by molar-refractivity contribution is 9.10. The first kappa shape index (κ1) is 13.5. The van der Waals surface area contributed by atoms with Gasteiger partial charge >= 0.3 is 0 Å². The molecule has 1 N–H and O–H groups in total. The molecule has 0 saturated heterocycles. The van der Waals surface area contributed by atoms with E-state index < -0.39 is 10.0 Å². The lowest BCUT2D eigenvalue weighted by molar-refractivity contribution is 0.578. The Morgan fingerprint density at radius 2 is 2.00 bits per heavy atom. The van der Waals surface area contributed by atoms with Gasteiger partial charge in [0.2, 0.25) is 5.03 Å². The van der Waals surface area contributed by atoms with E-state index in [0.717, 1.165) is 4.68 Å². The van der Waals surface area contributed by atoms with E-state index in [1.54, 1.807) is 0 Å². The van der Waals surface area contributed by atoms with Crippen LogP contribution in [0, 0.1) is 11.3 Å². The number of nitrogens with zero attached hydrogens (tertiary/aromatic N) is 4. The van der Waals surface area contributed by atoms with Crippen LogP contribution in [0.15, 0.2) is 33.9 Å². The summed E-state index contributed by atoms with van der Waals surface area (Å²) in [6.07, 6.45) is 0. The van der Waals surface area contributed by atoms with Gasteiger partial charge in [0, 0.05) is 12.7 Å². The first-order chi connectivity index (χ1) is 8.94. The molecule has 1 aromatic carbocycles. The van der Waals surface area contributed by atoms with Crippen LogP contribution in [0.25, 0.3) is 0 Å².